The number of pyridine rings is 2. The van der Waals surface area contributed by atoms with Gasteiger partial charge in [-0.2, -0.15) is 13.2 Å². The molecule has 0 aliphatic heterocycles. The molecule has 0 spiro atoms. The molecule has 190 valence electrons. The molecule has 2 atom stereocenters. The van der Waals surface area contributed by atoms with E-state index in [0.29, 0.717) is 23.8 Å². The van der Waals surface area contributed by atoms with Gasteiger partial charge in [0.25, 0.3) is 5.91 Å². The number of amides is 2. The van der Waals surface area contributed by atoms with Crippen molar-refractivity contribution in [2.45, 2.75) is 51.4 Å². The molecule has 1 fully saturated rings. The van der Waals surface area contributed by atoms with E-state index < -0.39 is 24.8 Å². The van der Waals surface area contributed by atoms with Crippen molar-refractivity contribution in [1.29, 1.82) is 0 Å². The molecule has 1 aliphatic carbocycles. The highest BCUT2D eigenvalue weighted by Crippen LogP contribution is 2.42. The van der Waals surface area contributed by atoms with Gasteiger partial charge in [0.05, 0.1) is 0 Å². The van der Waals surface area contributed by atoms with Crippen molar-refractivity contribution in [3.8, 4) is 11.5 Å². The minimum atomic E-state index is -4.59. The van der Waals surface area contributed by atoms with E-state index in [0.717, 1.165) is 11.1 Å². The second-order valence-electron chi connectivity index (χ2n) is 8.73. The molecule has 10 nitrogen and oxygen atoms in total. The number of carbonyl (C=O) groups excluding carboxylic acids is 2. The van der Waals surface area contributed by atoms with Crippen LogP contribution in [0.5, 0.6) is 0 Å². The third-order valence-corrected chi connectivity index (χ3v) is 5.59. The van der Waals surface area contributed by atoms with Gasteiger partial charge in [0.1, 0.15) is 23.5 Å². The van der Waals surface area contributed by atoms with E-state index in [1.54, 1.807) is 37.5 Å². The highest BCUT2D eigenvalue weighted by atomic mass is 19.4. The Bertz CT molecular complexity index is 1280. The minimum absolute atomic E-state index is 0.123. The van der Waals surface area contributed by atoms with E-state index in [4.69, 9.17) is 0 Å². The first-order chi connectivity index (χ1) is 17.0. The first kappa shape index (κ1) is 25.1. The van der Waals surface area contributed by atoms with Crippen molar-refractivity contribution >= 4 is 17.8 Å². The molecule has 1 aliphatic rings. The van der Waals surface area contributed by atoms with Crippen LogP contribution < -0.4 is 10.6 Å². The Morgan fingerprint density at radius 2 is 2.06 bits per heavy atom. The van der Waals surface area contributed by atoms with Gasteiger partial charge in [0.15, 0.2) is 12.4 Å². The van der Waals surface area contributed by atoms with Gasteiger partial charge in [0.2, 0.25) is 0 Å². The fourth-order valence-electron chi connectivity index (χ4n) is 3.71. The van der Waals surface area contributed by atoms with Crippen molar-refractivity contribution < 1.29 is 27.5 Å². The van der Waals surface area contributed by atoms with Crippen molar-refractivity contribution in [2.75, 3.05) is 11.9 Å². The van der Waals surface area contributed by atoms with Crippen molar-refractivity contribution in [3.05, 3.63) is 53.6 Å². The zero-order valence-corrected chi connectivity index (χ0v) is 19.7. The number of aryl methyl sites for hydroxylation is 1. The van der Waals surface area contributed by atoms with Crippen LogP contribution in [-0.4, -0.2) is 55.6 Å². The number of alkyl halides is 3. The zero-order valence-electron chi connectivity index (χ0n) is 19.7. The van der Waals surface area contributed by atoms with E-state index in [1.165, 1.54) is 6.20 Å². The number of anilines is 1. The zero-order chi connectivity index (χ0) is 26.0. The Morgan fingerprint density at radius 3 is 2.78 bits per heavy atom. The molecule has 36 heavy (non-hydrogen) atoms. The molecule has 3 heterocycles. The van der Waals surface area contributed by atoms with E-state index in [-0.39, 0.29) is 23.7 Å². The Morgan fingerprint density at radius 1 is 1.28 bits per heavy atom. The molecule has 3 aromatic rings. The highest BCUT2D eigenvalue weighted by molar-refractivity contribution is 6.02. The lowest BCUT2D eigenvalue weighted by Crippen LogP contribution is -2.31. The van der Waals surface area contributed by atoms with Gasteiger partial charge in [-0.25, -0.2) is 9.78 Å². The minimum Gasteiger partial charge on any atom is -0.440 e. The number of aromatic nitrogens is 5. The van der Waals surface area contributed by atoms with Gasteiger partial charge < -0.3 is 19.9 Å². The van der Waals surface area contributed by atoms with E-state index in [2.05, 4.69) is 35.5 Å². The van der Waals surface area contributed by atoms with Crippen LogP contribution in [0.2, 0.25) is 0 Å². The van der Waals surface area contributed by atoms with Crippen LogP contribution in [0, 0.1) is 6.92 Å². The monoisotopic (exact) mass is 503 g/mol. The summed E-state index contributed by atoms with van der Waals surface area (Å²) in [4.78, 5) is 33.2. The summed E-state index contributed by atoms with van der Waals surface area (Å²) in [5, 5.41) is 13.2. The van der Waals surface area contributed by atoms with Crippen LogP contribution in [0.1, 0.15) is 53.8 Å². The topological polar surface area (TPSA) is 124 Å². The van der Waals surface area contributed by atoms with Crippen molar-refractivity contribution in [1.82, 2.24) is 30.0 Å². The largest absolute Gasteiger partial charge is 0.440 e. The third kappa shape index (κ3) is 5.96. The summed E-state index contributed by atoms with van der Waals surface area (Å²) >= 11 is 0. The molecule has 2 unspecified atom stereocenters. The molecule has 13 heteroatoms. The summed E-state index contributed by atoms with van der Waals surface area (Å²) in [5.74, 6) is 0.221. The molecule has 0 saturated heterocycles. The van der Waals surface area contributed by atoms with Gasteiger partial charge >= 0.3 is 12.3 Å². The quantitative estimate of drug-likeness (QED) is 0.499. The summed E-state index contributed by atoms with van der Waals surface area (Å²) in [5.41, 5.74) is 2.24. The first-order valence-corrected chi connectivity index (χ1v) is 11.2. The number of carbonyl (C=O) groups is 2. The average molecular weight is 503 g/mol. The molecule has 0 bridgehead atoms. The van der Waals surface area contributed by atoms with Gasteiger partial charge in [-0.15, -0.1) is 10.2 Å². The fourth-order valence-corrected chi connectivity index (χ4v) is 3.71. The molecule has 2 amide bonds. The lowest BCUT2D eigenvalue weighted by Gasteiger charge is -2.11. The number of nitrogens with zero attached hydrogens (tertiary/aromatic N) is 5. The summed E-state index contributed by atoms with van der Waals surface area (Å²) < 4.78 is 42.7. The predicted octanol–water partition coefficient (Wildman–Crippen LogP) is 4.02. The van der Waals surface area contributed by atoms with Crippen LogP contribution in [-0.2, 0) is 4.74 Å². The maximum atomic E-state index is 12.9. The predicted molar refractivity (Wildman–Crippen MR) is 122 cm³/mol. The van der Waals surface area contributed by atoms with E-state index in [9.17, 15) is 22.8 Å². The molecule has 0 aromatic carbocycles. The Labute approximate surface area is 204 Å². The van der Waals surface area contributed by atoms with Crippen molar-refractivity contribution in [3.63, 3.8) is 0 Å². The normalized spacial score (nSPS) is 17.1. The van der Waals surface area contributed by atoms with E-state index in [1.807, 2.05) is 18.4 Å². The summed E-state index contributed by atoms with van der Waals surface area (Å²) in [6, 6.07) is 6.48. The number of nitrogens with one attached hydrogen (secondary N) is 2. The maximum Gasteiger partial charge on any atom is 0.422 e. The second kappa shape index (κ2) is 9.91. The number of hydrogen-bond acceptors (Lipinski definition) is 7. The van der Waals surface area contributed by atoms with Crippen LogP contribution in [0.4, 0.5) is 23.8 Å². The highest BCUT2D eigenvalue weighted by Gasteiger charge is 2.41. The fraction of sp³-hybridized carbons (Fsp3) is 0.391. The van der Waals surface area contributed by atoms with Gasteiger partial charge in [-0.3, -0.25) is 9.78 Å². The number of rotatable bonds is 7. The molecule has 4 rings (SSSR count). The lowest BCUT2D eigenvalue weighted by molar-refractivity contribution is -0.160. The van der Waals surface area contributed by atoms with Crippen LogP contribution in [0.15, 0.2) is 36.8 Å². The maximum absolute atomic E-state index is 12.9. The number of alkyl carbamates (subject to hydrolysis) is 1. The Kier molecular flexibility index (Phi) is 6.91. The number of halogens is 3. The Balaban J connectivity index is 1.43. The summed E-state index contributed by atoms with van der Waals surface area (Å²) in [6.45, 7) is 4.13. The molecule has 2 N–H and O–H groups in total. The number of hydrogen-bond donors (Lipinski definition) is 2. The SMILES string of the molecule is Cc1cnc(C(=O)Nc2cccc(-c3nncn3C(C)C)n2)cc1C1CC1NC(=O)OCC(F)(F)F. The second-order valence-corrected chi connectivity index (χ2v) is 8.73. The molecule has 1 saturated carbocycles. The standard InChI is InChI=1S/C23H24F3N7O3/c1-12(2)33-11-28-32-20(33)16-5-4-6-19(29-16)31-21(34)18-7-14(13(3)9-27-18)15-8-17(15)30-22(35)36-10-23(24,25)26/h4-7,9,11-12,15,17H,8,10H2,1-3H3,(H,30,35)(H,29,31,34). The smallest absolute Gasteiger partial charge is 0.422 e. The van der Waals surface area contributed by atoms with Gasteiger partial charge in [-0.1, -0.05) is 6.07 Å². The summed E-state index contributed by atoms with van der Waals surface area (Å²) in [6.07, 6.45) is -2.07. The summed E-state index contributed by atoms with van der Waals surface area (Å²) in [7, 11) is 0. The molecular formula is C23H24F3N7O3. The average Bonchev–Trinajstić information content (AvgIpc) is 3.37. The third-order valence-electron chi connectivity index (χ3n) is 5.59. The molecular weight excluding hydrogens is 479 g/mol. The molecule has 3 aromatic heterocycles. The lowest BCUT2D eigenvalue weighted by atomic mass is 10.1. The first-order valence-electron chi connectivity index (χ1n) is 11.2. The molecule has 0 radical (unpaired) electrons. The van der Waals surface area contributed by atoms with Crippen molar-refractivity contribution in [2.24, 2.45) is 0 Å². The Hall–Kier alpha value is -4.03. The van der Waals surface area contributed by atoms with E-state index >= 15 is 0 Å². The number of ether oxygens (including phenoxy) is 1. The van der Waals surface area contributed by atoms with Gasteiger partial charge in [0, 0.05) is 24.2 Å². The van der Waals surface area contributed by atoms with Crippen LogP contribution >= 0.6 is 0 Å². The van der Waals surface area contributed by atoms with Crippen LogP contribution in [0.3, 0.4) is 0 Å². The van der Waals surface area contributed by atoms with Gasteiger partial charge in [-0.05, 0) is 56.5 Å². The van der Waals surface area contributed by atoms with Crippen LogP contribution in [0.25, 0.3) is 11.5 Å².